The van der Waals surface area contributed by atoms with Gasteiger partial charge in [-0.2, -0.15) is 0 Å². The zero-order valence-corrected chi connectivity index (χ0v) is 16.6. The topological polar surface area (TPSA) is 94.1 Å². The van der Waals surface area contributed by atoms with Crippen molar-refractivity contribution in [3.05, 3.63) is 71.8 Å². The van der Waals surface area contributed by atoms with E-state index in [2.05, 4.69) is 5.32 Å². The molecule has 0 radical (unpaired) electrons. The zero-order valence-electron chi connectivity index (χ0n) is 16.6. The van der Waals surface area contributed by atoms with Crippen LogP contribution in [0.3, 0.4) is 0 Å². The van der Waals surface area contributed by atoms with Crippen molar-refractivity contribution in [1.29, 1.82) is 0 Å². The maximum Gasteiger partial charge on any atom is 0.331 e. The van der Waals surface area contributed by atoms with Crippen molar-refractivity contribution in [2.75, 3.05) is 13.7 Å². The lowest BCUT2D eigenvalue weighted by Crippen LogP contribution is -2.55. The van der Waals surface area contributed by atoms with E-state index in [1.165, 1.54) is 14.0 Å². The van der Waals surface area contributed by atoms with Crippen LogP contribution >= 0.6 is 0 Å². The fourth-order valence-electron chi connectivity index (χ4n) is 2.77. The SMILES string of the molecule is COC[C@@H](O)[C@@H](OCc1ccccc1)[C@H](NC(C)=O)C(=O)OCc1ccccc1. The van der Waals surface area contributed by atoms with Gasteiger partial charge in [-0.25, -0.2) is 4.79 Å². The number of hydrogen-bond acceptors (Lipinski definition) is 6. The van der Waals surface area contributed by atoms with Gasteiger partial charge < -0.3 is 24.6 Å². The number of rotatable bonds is 11. The summed E-state index contributed by atoms with van der Waals surface area (Å²) in [6.07, 6.45) is -2.20. The zero-order chi connectivity index (χ0) is 21.1. The Morgan fingerprint density at radius 1 is 0.966 bits per heavy atom. The van der Waals surface area contributed by atoms with E-state index in [1.54, 1.807) is 0 Å². The van der Waals surface area contributed by atoms with Gasteiger partial charge in [-0.05, 0) is 11.1 Å². The number of esters is 1. The maximum atomic E-state index is 12.7. The van der Waals surface area contributed by atoms with Crippen molar-refractivity contribution in [3.63, 3.8) is 0 Å². The van der Waals surface area contributed by atoms with Gasteiger partial charge in [-0.1, -0.05) is 60.7 Å². The van der Waals surface area contributed by atoms with Crippen LogP contribution in [0.2, 0.25) is 0 Å². The molecule has 2 aromatic rings. The first-order valence-electron chi connectivity index (χ1n) is 9.31. The van der Waals surface area contributed by atoms with E-state index in [1.807, 2.05) is 60.7 Å². The molecule has 0 saturated heterocycles. The minimum absolute atomic E-state index is 0.0432. The van der Waals surface area contributed by atoms with Crippen LogP contribution in [-0.4, -0.2) is 48.9 Å². The van der Waals surface area contributed by atoms with Crippen LogP contribution in [0.25, 0.3) is 0 Å². The molecule has 0 aliphatic carbocycles. The molecule has 0 aliphatic heterocycles. The summed E-state index contributed by atoms with van der Waals surface area (Å²) in [6, 6.07) is 17.3. The first-order valence-corrected chi connectivity index (χ1v) is 9.31. The van der Waals surface area contributed by atoms with E-state index >= 15 is 0 Å². The summed E-state index contributed by atoms with van der Waals surface area (Å²) in [4.78, 5) is 24.4. The molecule has 0 saturated carbocycles. The van der Waals surface area contributed by atoms with Crippen molar-refractivity contribution in [3.8, 4) is 0 Å². The molecule has 156 valence electrons. The monoisotopic (exact) mass is 401 g/mol. The lowest BCUT2D eigenvalue weighted by atomic mass is 10.1. The highest BCUT2D eigenvalue weighted by Gasteiger charge is 2.36. The second-order valence-corrected chi connectivity index (χ2v) is 6.56. The Kier molecular flexibility index (Phi) is 9.30. The van der Waals surface area contributed by atoms with Crippen LogP contribution in [0, 0.1) is 0 Å². The minimum Gasteiger partial charge on any atom is -0.459 e. The Morgan fingerprint density at radius 3 is 2.03 bits per heavy atom. The van der Waals surface area contributed by atoms with Crippen molar-refractivity contribution in [2.45, 2.75) is 38.4 Å². The van der Waals surface area contributed by atoms with Gasteiger partial charge in [-0.3, -0.25) is 4.79 Å². The molecular weight excluding hydrogens is 374 g/mol. The van der Waals surface area contributed by atoms with Gasteiger partial charge in [0.1, 0.15) is 18.8 Å². The third kappa shape index (κ3) is 7.65. The summed E-state index contributed by atoms with van der Waals surface area (Å²) < 4.78 is 16.2. The number of carbonyl (C=O) groups is 2. The van der Waals surface area contributed by atoms with E-state index in [0.717, 1.165) is 11.1 Å². The number of aliphatic hydroxyl groups is 1. The molecular formula is C22H27NO6. The van der Waals surface area contributed by atoms with E-state index in [9.17, 15) is 14.7 Å². The van der Waals surface area contributed by atoms with Crippen LogP contribution in [0.1, 0.15) is 18.1 Å². The summed E-state index contributed by atoms with van der Waals surface area (Å²) in [6.45, 7) is 1.41. The number of ether oxygens (including phenoxy) is 3. The molecule has 2 rings (SSSR count). The Balaban J connectivity index is 2.14. The van der Waals surface area contributed by atoms with Crippen molar-refractivity contribution in [1.82, 2.24) is 5.32 Å². The summed E-state index contributed by atoms with van der Waals surface area (Å²) >= 11 is 0. The number of hydrogen-bond donors (Lipinski definition) is 2. The first kappa shape index (κ1) is 22.5. The summed E-state index contributed by atoms with van der Waals surface area (Å²) in [5.74, 6) is -1.14. The number of methoxy groups -OCH3 is 1. The molecule has 0 heterocycles. The van der Waals surface area contributed by atoms with Crippen molar-refractivity contribution < 1.29 is 28.9 Å². The second kappa shape index (κ2) is 12.0. The second-order valence-electron chi connectivity index (χ2n) is 6.56. The molecule has 3 atom stereocenters. The molecule has 0 fully saturated rings. The lowest BCUT2D eigenvalue weighted by Gasteiger charge is -2.29. The highest BCUT2D eigenvalue weighted by molar-refractivity contribution is 5.83. The number of nitrogens with one attached hydrogen (secondary N) is 1. The highest BCUT2D eigenvalue weighted by Crippen LogP contribution is 2.14. The normalized spacial score (nSPS) is 13.9. The molecule has 7 heteroatoms. The van der Waals surface area contributed by atoms with E-state index < -0.39 is 30.1 Å². The fraction of sp³-hybridized carbons (Fsp3) is 0.364. The summed E-state index contributed by atoms with van der Waals surface area (Å²) in [5, 5.41) is 13.0. The molecule has 0 unspecified atom stereocenters. The minimum atomic E-state index is -1.19. The van der Waals surface area contributed by atoms with E-state index in [-0.39, 0.29) is 19.8 Å². The van der Waals surface area contributed by atoms with Crippen LogP contribution in [-0.2, 0) is 37.0 Å². The van der Waals surface area contributed by atoms with Gasteiger partial charge >= 0.3 is 5.97 Å². The molecule has 29 heavy (non-hydrogen) atoms. The highest BCUT2D eigenvalue weighted by atomic mass is 16.5. The molecule has 0 aliphatic rings. The average molecular weight is 401 g/mol. The Hall–Kier alpha value is -2.74. The molecule has 2 N–H and O–H groups in total. The van der Waals surface area contributed by atoms with E-state index in [4.69, 9.17) is 14.2 Å². The van der Waals surface area contributed by atoms with Gasteiger partial charge in [0.2, 0.25) is 5.91 Å². The van der Waals surface area contributed by atoms with Crippen molar-refractivity contribution in [2.24, 2.45) is 0 Å². The first-order chi connectivity index (χ1) is 14.0. The largest absolute Gasteiger partial charge is 0.459 e. The fourth-order valence-corrected chi connectivity index (χ4v) is 2.77. The van der Waals surface area contributed by atoms with Crippen LogP contribution in [0.15, 0.2) is 60.7 Å². The number of carbonyl (C=O) groups excluding carboxylic acids is 2. The van der Waals surface area contributed by atoms with Crippen molar-refractivity contribution >= 4 is 11.9 Å². The van der Waals surface area contributed by atoms with Gasteiger partial charge in [0.05, 0.1) is 13.2 Å². The molecule has 1 amide bonds. The lowest BCUT2D eigenvalue weighted by molar-refractivity contribution is -0.160. The summed E-state index contributed by atoms with van der Waals surface area (Å²) in [7, 11) is 1.43. The Labute approximate surface area is 170 Å². The Morgan fingerprint density at radius 2 is 1.52 bits per heavy atom. The number of benzene rings is 2. The summed E-state index contributed by atoms with van der Waals surface area (Å²) in [5.41, 5.74) is 1.67. The number of aliphatic hydroxyl groups excluding tert-OH is 1. The Bertz CT molecular complexity index is 752. The molecule has 7 nitrogen and oxygen atoms in total. The molecule has 0 spiro atoms. The average Bonchev–Trinajstić information content (AvgIpc) is 2.73. The van der Waals surface area contributed by atoms with Gasteiger partial charge in [0.15, 0.2) is 6.04 Å². The van der Waals surface area contributed by atoms with E-state index in [0.29, 0.717) is 0 Å². The molecule has 0 bridgehead atoms. The van der Waals surface area contributed by atoms with Gasteiger partial charge in [0.25, 0.3) is 0 Å². The van der Waals surface area contributed by atoms with Crippen LogP contribution in [0.5, 0.6) is 0 Å². The standard InChI is InChI=1S/C22H27NO6/c1-16(24)23-20(22(26)29-14-18-11-7-4-8-12-18)21(19(25)15-27-2)28-13-17-9-5-3-6-10-17/h3-12,19-21,25H,13-15H2,1-2H3,(H,23,24)/t19-,20+,21-/m1/s1. The third-order valence-corrected chi connectivity index (χ3v) is 4.17. The molecule has 0 aromatic heterocycles. The quantitative estimate of drug-likeness (QED) is 0.558. The van der Waals surface area contributed by atoms with Crippen LogP contribution < -0.4 is 5.32 Å². The maximum absolute atomic E-state index is 12.7. The van der Waals surface area contributed by atoms with Gasteiger partial charge in [0, 0.05) is 14.0 Å². The predicted molar refractivity (Wildman–Crippen MR) is 107 cm³/mol. The van der Waals surface area contributed by atoms with Gasteiger partial charge in [-0.15, -0.1) is 0 Å². The number of amides is 1. The molecule has 2 aromatic carbocycles. The van der Waals surface area contributed by atoms with Crippen LogP contribution in [0.4, 0.5) is 0 Å². The predicted octanol–water partition coefficient (Wildman–Crippen LogP) is 1.83. The third-order valence-electron chi connectivity index (χ3n) is 4.17. The smallest absolute Gasteiger partial charge is 0.331 e.